The third kappa shape index (κ3) is 4.41. The highest BCUT2D eigenvalue weighted by atomic mass is 16.6. The van der Waals surface area contributed by atoms with E-state index in [9.17, 15) is 9.59 Å². The molecule has 2 amide bonds. The number of carbonyl (C=O) groups is 2. The van der Waals surface area contributed by atoms with E-state index >= 15 is 0 Å². The van der Waals surface area contributed by atoms with Gasteiger partial charge in [0, 0.05) is 53.9 Å². The van der Waals surface area contributed by atoms with Gasteiger partial charge in [-0.05, 0) is 67.3 Å². The van der Waals surface area contributed by atoms with E-state index in [1.807, 2.05) is 74.6 Å². The number of aromatic nitrogens is 3. The Bertz CT molecular complexity index is 1860. The lowest BCUT2D eigenvalue weighted by atomic mass is 9.96. The van der Waals surface area contributed by atoms with Gasteiger partial charge in [-0.2, -0.15) is 5.10 Å². The zero-order valence-electron chi connectivity index (χ0n) is 23.8. The van der Waals surface area contributed by atoms with Crippen LogP contribution in [-0.2, 0) is 4.74 Å². The summed E-state index contributed by atoms with van der Waals surface area (Å²) in [5, 5.41) is 6.34. The third-order valence-corrected chi connectivity index (χ3v) is 8.24. The van der Waals surface area contributed by atoms with E-state index in [0.717, 1.165) is 57.3 Å². The SMILES string of the molecule is CC(C)(C)OC(=O)N1C[C@@H]2C[C@H]1CN2c1ccc(-c2cnc3c(-c4ccc(C(N)=O)c5ccccc45)cnn3c2)cc1. The predicted octanol–water partition coefficient (Wildman–Crippen LogP) is 5.51. The Hall–Kier alpha value is -4.92. The number of ether oxygens (including phenoxy) is 1. The first-order chi connectivity index (χ1) is 20.2. The molecule has 2 bridgehead atoms. The Morgan fingerprint density at radius 3 is 2.33 bits per heavy atom. The lowest BCUT2D eigenvalue weighted by Crippen LogP contribution is -2.50. The van der Waals surface area contributed by atoms with Crippen molar-refractivity contribution in [2.45, 2.75) is 44.9 Å². The fourth-order valence-corrected chi connectivity index (χ4v) is 6.34. The molecule has 4 heterocycles. The maximum absolute atomic E-state index is 12.6. The van der Waals surface area contributed by atoms with Gasteiger partial charge in [0.15, 0.2) is 5.65 Å². The third-order valence-electron chi connectivity index (χ3n) is 8.24. The lowest BCUT2D eigenvalue weighted by Gasteiger charge is -2.36. The van der Waals surface area contributed by atoms with E-state index in [4.69, 9.17) is 15.5 Å². The molecule has 2 aliphatic heterocycles. The molecule has 0 unspecified atom stereocenters. The molecule has 0 saturated carbocycles. The molecule has 0 spiro atoms. The van der Waals surface area contributed by atoms with Crippen LogP contribution in [0.4, 0.5) is 10.5 Å². The second-order valence-electron chi connectivity index (χ2n) is 12.1. The summed E-state index contributed by atoms with van der Waals surface area (Å²) in [7, 11) is 0. The van der Waals surface area contributed by atoms with Crippen LogP contribution in [0.15, 0.2) is 79.3 Å². The number of likely N-dealkylation sites (tertiary alicyclic amines) is 1. The van der Waals surface area contributed by atoms with Crippen molar-refractivity contribution in [3.63, 3.8) is 0 Å². The highest BCUT2D eigenvalue weighted by molar-refractivity contribution is 6.11. The van der Waals surface area contributed by atoms with Gasteiger partial charge >= 0.3 is 6.09 Å². The zero-order chi connectivity index (χ0) is 29.2. The van der Waals surface area contributed by atoms with Crippen LogP contribution in [0.3, 0.4) is 0 Å². The number of anilines is 1. The first-order valence-corrected chi connectivity index (χ1v) is 14.2. The molecular weight excluding hydrogens is 528 g/mol. The van der Waals surface area contributed by atoms with Gasteiger partial charge < -0.3 is 20.3 Å². The number of nitrogens with two attached hydrogens (primary N) is 1. The summed E-state index contributed by atoms with van der Waals surface area (Å²) < 4.78 is 7.40. The molecule has 3 aromatic carbocycles. The molecule has 2 atom stereocenters. The zero-order valence-corrected chi connectivity index (χ0v) is 23.8. The summed E-state index contributed by atoms with van der Waals surface area (Å²) in [4.78, 5) is 33.7. The number of hydrogen-bond acceptors (Lipinski definition) is 6. The Labute approximate surface area is 243 Å². The minimum atomic E-state index is -0.490. The summed E-state index contributed by atoms with van der Waals surface area (Å²) >= 11 is 0. The van der Waals surface area contributed by atoms with Crippen molar-refractivity contribution in [1.82, 2.24) is 19.5 Å². The summed E-state index contributed by atoms with van der Waals surface area (Å²) in [6.45, 7) is 7.20. The van der Waals surface area contributed by atoms with Crippen molar-refractivity contribution in [2.24, 2.45) is 5.73 Å². The van der Waals surface area contributed by atoms with Crippen LogP contribution in [0.2, 0.25) is 0 Å². The van der Waals surface area contributed by atoms with Crippen molar-refractivity contribution in [3.05, 3.63) is 84.8 Å². The van der Waals surface area contributed by atoms with Gasteiger partial charge in [-0.1, -0.05) is 42.5 Å². The van der Waals surface area contributed by atoms with Crippen LogP contribution in [0.5, 0.6) is 0 Å². The molecule has 2 N–H and O–H groups in total. The fraction of sp³-hybridized carbons (Fsp3) is 0.273. The standard InChI is InChI=1S/C33H32N6O3/c1-33(2,3)42-32(41)38-19-23-14-24(38)18-37(23)22-10-8-20(9-11-22)21-15-35-31-29(16-36-39(31)17-21)27-12-13-28(30(34)40)26-7-5-4-6-25(26)27/h4-13,15-17,23-24H,14,18-19H2,1-3H3,(H2,34,40)/t23-,24-/m0/s1. The molecule has 0 radical (unpaired) electrons. The van der Waals surface area contributed by atoms with Gasteiger partial charge in [-0.15, -0.1) is 0 Å². The lowest BCUT2D eigenvalue weighted by molar-refractivity contribution is 0.0214. The number of amides is 2. The van der Waals surface area contributed by atoms with Gasteiger partial charge in [0.2, 0.25) is 5.91 Å². The molecule has 2 aliphatic rings. The van der Waals surface area contributed by atoms with Gasteiger partial charge in [0.05, 0.1) is 12.2 Å². The van der Waals surface area contributed by atoms with E-state index in [0.29, 0.717) is 18.2 Å². The van der Waals surface area contributed by atoms with Crippen LogP contribution < -0.4 is 10.6 Å². The van der Waals surface area contributed by atoms with E-state index in [2.05, 4.69) is 34.3 Å². The molecule has 9 heteroatoms. The summed E-state index contributed by atoms with van der Waals surface area (Å²) in [5.41, 5.74) is 11.3. The van der Waals surface area contributed by atoms with Crippen molar-refractivity contribution in [2.75, 3.05) is 18.0 Å². The number of piperazine rings is 1. The summed E-state index contributed by atoms with van der Waals surface area (Å²) in [6.07, 6.45) is 6.40. The monoisotopic (exact) mass is 560 g/mol. The van der Waals surface area contributed by atoms with E-state index in [-0.39, 0.29) is 12.1 Å². The maximum Gasteiger partial charge on any atom is 0.410 e. The molecule has 42 heavy (non-hydrogen) atoms. The number of nitrogens with zero attached hydrogens (tertiary/aromatic N) is 5. The van der Waals surface area contributed by atoms with Crippen LogP contribution in [0.1, 0.15) is 37.6 Å². The Kier molecular flexibility index (Phi) is 5.93. The fourth-order valence-electron chi connectivity index (χ4n) is 6.34. The molecule has 0 aliphatic carbocycles. The Morgan fingerprint density at radius 2 is 1.64 bits per heavy atom. The number of benzene rings is 3. The highest BCUT2D eigenvalue weighted by Crippen LogP contribution is 2.37. The Balaban J connectivity index is 1.12. The molecule has 7 rings (SSSR count). The van der Waals surface area contributed by atoms with Gasteiger partial charge in [-0.3, -0.25) is 4.79 Å². The predicted molar refractivity (Wildman–Crippen MR) is 162 cm³/mol. The van der Waals surface area contributed by atoms with Crippen LogP contribution in [0.25, 0.3) is 38.7 Å². The van der Waals surface area contributed by atoms with Crippen LogP contribution >= 0.6 is 0 Å². The minimum absolute atomic E-state index is 0.175. The van der Waals surface area contributed by atoms with Crippen LogP contribution in [-0.4, -0.2) is 62.3 Å². The quantitative estimate of drug-likeness (QED) is 0.311. The molecule has 212 valence electrons. The number of fused-ring (bicyclic) bond motifs is 4. The van der Waals surface area contributed by atoms with E-state index in [1.54, 1.807) is 10.6 Å². The molecule has 9 nitrogen and oxygen atoms in total. The molecule has 5 aromatic rings. The number of carbonyl (C=O) groups excluding carboxylic acids is 2. The summed E-state index contributed by atoms with van der Waals surface area (Å²) in [6, 6.07) is 20.4. The van der Waals surface area contributed by atoms with Gasteiger partial charge in [0.1, 0.15) is 5.60 Å². The second kappa shape index (κ2) is 9.58. The number of hydrogen-bond donors (Lipinski definition) is 1. The second-order valence-corrected chi connectivity index (χ2v) is 12.1. The Morgan fingerprint density at radius 1 is 0.881 bits per heavy atom. The van der Waals surface area contributed by atoms with Gasteiger partial charge in [-0.25, -0.2) is 14.3 Å². The van der Waals surface area contributed by atoms with E-state index < -0.39 is 11.5 Å². The van der Waals surface area contributed by atoms with Crippen molar-refractivity contribution in [1.29, 1.82) is 0 Å². The number of primary amides is 1. The average Bonchev–Trinajstić information content (AvgIpc) is 3.70. The molecule has 2 aromatic heterocycles. The first kappa shape index (κ1) is 26.0. The first-order valence-electron chi connectivity index (χ1n) is 14.2. The smallest absolute Gasteiger partial charge is 0.410 e. The van der Waals surface area contributed by atoms with Crippen molar-refractivity contribution in [3.8, 4) is 22.3 Å². The van der Waals surface area contributed by atoms with Crippen LogP contribution in [0, 0.1) is 0 Å². The molecule has 2 fully saturated rings. The van der Waals surface area contributed by atoms with Crippen molar-refractivity contribution >= 4 is 34.1 Å². The topological polar surface area (TPSA) is 106 Å². The normalized spacial score (nSPS) is 18.3. The largest absolute Gasteiger partial charge is 0.444 e. The minimum Gasteiger partial charge on any atom is -0.444 e. The highest BCUT2D eigenvalue weighted by Gasteiger charge is 2.46. The van der Waals surface area contributed by atoms with Crippen molar-refractivity contribution < 1.29 is 14.3 Å². The summed E-state index contributed by atoms with van der Waals surface area (Å²) in [5.74, 6) is -0.452. The molecule has 2 saturated heterocycles. The molecular formula is C33H32N6O3. The average molecular weight is 561 g/mol. The maximum atomic E-state index is 12.6. The number of rotatable bonds is 4. The van der Waals surface area contributed by atoms with E-state index in [1.165, 1.54) is 0 Å². The van der Waals surface area contributed by atoms with Gasteiger partial charge in [0.25, 0.3) is 0 Å².